The molecule has 192 valence electrons. The first kappa shape index (κ1) is 27.1. The molecule has 4 rings (SSSR count). The van der Waals surface area contributed by atoms with E-state index in [2.05, 4.69) is 5.32 Å². The molecule has 0 spiro atoms. The molecule has 7 nitrogen and oxygen atoms in total. The Kier molecular flexibility index (Phi) is 8.25. The van der Waals surface area contributed by atoms with Gasteiger partial charge in [0, 0.05) is 5.54 Å². The molecule has 1 saturated carbocycles. The summed E-state index contributed by atoms with van der Waals surface area (Å²) < 4.78 is 65.8. The van der Waals surface area contributed by atoms with Gasteiger partial charge in [0.15, 0.2) is 0 Å². The Bertz CT molecular complexity index is 1090. The van der Waals surface area contributed by atoms with E-state index < -0.39 is 32.6 Å². The van der Waals surface area contributed by atoms with E-state index in [-0.39, 0.29) is 18.9 Å². The quantitative estimate of drug-likeness (QED) is 0.538. The van der Waals surface area contributed by atoms with Crippen molar-refractivity contribution in [3.05, 3.63) is 77.5 Å². The van der Waals surface area contributed by atoms with E-state index in [1.165, 1.54) is 0 Å². The number of rotatable bonds is 5. The van der Waals surface area contributed by atoms with Crippen molar-refractivity contribution < 1.29 is 31.5 Å². The summed E-state index contributed by atoms with van der Waals surface area (Å²) >= 11 is 0. The summed E-state index contributed by atoms with van der Waals surface area (Å²) in [6.45, 7) is 0.858. The number of sulfonamides is 1. The number of nitrogens with one attached hydrogen (secondary N) is 3. The van der Waals surface area contributed by atoms with Gasteiger partial charge in [-0.2, -0.15) is 17.9 Å². The number of alkyl halides is 3. The molecule has 0 aromatic heterocycles. The number of aliphatic carboxylic acids is 1. The standard InChI is InChI=1S/C19H20F3N2O2S.C5H9NO2/c20-19(21,22)27(25,26)24-18(16-11-5-2-6-12-16)14-8-7-13-17(18,23)15-9-3-1-4-10-15;7-5(8)4-2-1-3-6-4/h1-6,9-12,23-24H,7-8,13-14H2;4,6H,1-3H2,(H,7,8)/q-1;/t17-,18+;4-/m00/s1. The average molecular weight is 513 g/mol. The maximum absolute atomic E-state index is 13.2. The summed E-state index contributed by atoms with van der Waals surface area (Å²) in [5.74, 6) is -0.720. The van der Waals surface area contributed by atoms with Crippen LogP contribution >= 0.6 is 0 Å². The van der Waals surface area contributed by atoms with Crippen LogP contribution in [0.25, 0.3) is 5.73 Å². The minimum absolute atomic E-state index is 0.102. The number of hydrogen-bond donors (Lipinski definition) is 3. The Morgan fingerprint density at radius 2 is 1.51 bits per heavy atom. The zero-order valence-electron chi connectivity index (χ0n) is 19.0. The Balaban J connectivity index is 0.000000363. The monoisotopic (exact) mass is 512 g/mol. The second-order valence-electron chi connectivity index (χ2n) is 8.79. The lowest BCUT2D eigenvalue weighted by atomic mass is 9.62. The predicted octanol–water partition coefficient (Wildman–Crippen LogP) is 4.67. The topological polar surface area (TPSA) is 119 Å². The van der Waals surface area contributed by atoms with Crippen LogP contribution in [0, 0.1) is 0 Å². The normalized spacial score (nSPS) is 27.0. The van der Waals surface area contributed by atoms with Crippen molar-refractivity contribution in [1.29, 1.82) is 0 Å². The van der Waals surface area contributed by atoms with Crippen LogP contribution in [0.3, 0.4) is 0 Å². The number of benzene rings is 2. The number of carboxylic acid groups (broad SMARTS) is 1. The van der Waals surface area contributed by atoms with Crippen LogP contribution in [0.2, 0.25) is 0 Å². The Morgan fingerprint density at radius 1 is 0.971 bits per heavy atom. The van der Waals surface area contributed by atoms with Crippen molar-refractivity contribution in [2.45, 2.75) is 61.2 Å². The SMILES string of the molecule is O=C(O)[C@@H]1CCCN1.[NH-][C@]1(c2ccccc2)CCCC[C@@]1(NS(=O)(=O)C(F)(F)F)c1ccccc1. The predicted molar refractivity (Wildman–Crippen MR) is 126 cm³/mol. The molecule has 2 aromatic rings. The van der Waals surface area contributed by atoms with E-state index in [9.17, 15) is 32.1 Å². The first-order chi connectivity index (χ1) is 16.4. The van der Waals surface area contributed by atoms with Gasteiger partial charge in [0.05, 0.1) is 0 Å². The highest BCUT2D eigenvalue weighted by Gasteiger charge is 2.55. The van der Waals surface area contributed by atoms with Gasteiger partial charge in [-0.3, -0.25) is 4.79 Å². The van der Waals surface area contributed by atoms with Crippen molar-refractivity contribution >= 4 is 16.0 Å². The maximum Gasteiger partial charge on any atom is 0.511 e. The third-order valence-electron chi connectivity index (χ3n) is 6.59. The fourth-order valence-corrected chi connectivity index (χ4v) is 5.78. The van der Waals surface area contributed by atoms with Crippen molar-refractivity contribution in [2.75, 3.05) is 6.54 Å². The maximum atomic E-state index is 13.2. The van der Waals surface area contributed by atoms with Crippen LogP contribution in [0.5, 0.6) is 0 Å². The highest BCUT2D eigenvalue weighted by atomic mass is 32.2. The highest BCUT2D eigenvalue weighted by molar-refractivity contribution is 7.90. The highest BCUT2D eigenvalue weighted by Crippen LogP contribution is 2.53. The molecule has 1 aliphatic heterocycles. The average Bonchev–Trinajstić information content (AvgIpc) is 3.37. The molecule has 0 unspecified atom stereocenters. The molecule has 35 heavy (non-hydrogen) atoms. The zero-order valence-corrected chi connectivity index (χ0v) is 19.8. The first-order valence-electron chi connectivity index (χ1n) is 11.4. The van der Waals surface area contributed by atoms with Crippen molar-refractivity contribution in [3.8, 4) is 0 Å². The Morgan fingerprint density at radius 3 is 1.97 bits per heavy atom. The molecule has 1 saturated heterocycles. The molecule has 0 radical (unpaired) electrons. The Labute approximate surface area is 203 Å². The van der Waals surface area contributed by atoms with Gasteiger partial charge in [-0.05, 0) is 31.4 Å². The molecule has 0 bridgehead atoms. The summed E-state index contributed by atoms with van der Waals surface area (Å²) in [5, 5.41) is 11.2. The molecule has 4 N–H and O–H groups in total. The van der Waals surface area contributed by atoms with E-state index >= 15 is 0 Å². The van der Waals surface area contributed by atoms with Crippen molar-refractivity contribution in [3.63, 3.8) is 0 Å². The van der Waals surface area contributed by atoms with E-state index in [1.807, 2.05) is 4.72 Å². The summed E-state index contributed by atoms with van der Waals surface area (Å²) in [4.78, 5) is 10.1. The molecule has 3 atom stereocenters. The van der Waals surface area contributed by atoms with Gasteiger partial charge < -0.3 is 16.2 Å². The fourth-order valence-electron chi connectivity index (χ4n) is 4.81. The van der Waals surface area contributed by atoms with Crippen LogP contribution in [0.4, 0.5) is 13.2 Å². The smallest absolute Gasteiger partial charge is 0.511 e. The van der Waals surface area contributed by atoms with E-state index in [1.54, 1.807) is 60.7 Å². The zero-order chi connectivity index (χ0) is 25.7. The molecular formula is C24H29F3N3O4S-. The molecule has 2 aliphatic rings. The van der Waals surface area contributed by atoms with E-state index in [0.29, 0.717) is 24.0 Å². The summed E-state index contributed by atoms with van der Waals surface area (Å²) in [6.07, 6.45) is 3.27. The second kappa shape index (κ2) is 10.7. The molecule has 1 heterocycles. The van der Waals surface area contributed by atoms with Crippen LogP contribution in [-0.2, 0) is 25.9 Å². The van der Waals surface area contributed by atoms with Gasteiger partial charge in [0.25, 0.3) is 0 Å². The molecule has 1 aliphatic carbocycles. The third-order valence-corrected chi connectivity index (χ3v) is 7.81. The summed E-state index contributed by atoms with van der Waals surface area (Å²) in [5.41, 5.74) is 1.29. The lowest BCUT2D eigenvalue weighted by Crippen LogP contribution is -2.61. The second-order valence-corrected chi connectivity index (χ2v) is 10.5. The van der Waals surface area contributed by atoms with Crippen LogP contribution in [-0.4, -0.2) is 37.6 Å². The number of carboxylic acids is 1. The minimum Gasteiger partial charge on any atom is -0.666 e. The van der Waals surface area contributed by atoms with Gasteiger partial charge in [0.1, 0.15) is 6.04 Å². The molecule has 2 fully saturated rings. The Hall–Kier alpha value is -2.47. The molecule has 0 amide bonds. The van der Waals surface area contributed by atoms with Crippen LogP contribution < -0.4 is 10.0 Å². The summed E-state index contributed by atoms with van der Waals surface area (Å²) in [7, 11) is -5.65. The van der Waals surface area contributed by atoms with Crippen molar-refractivity contribution in [2.24, 2.45) is 0 Å². The molecule has 11 heteroatoms. The fraction of sp³-hybridized carbons (Fsp3) is 0.458. The third kappa shape index (κ3) is 5.69. The largest absolute Gasteiger partial charge is 0.666 e. The van der Waals surface area contributed by atoms with Gasteiger partial charge in [0.2, 0.25) is 0 Å². The van der Waals surface area contributed by atoms with Crippen LogP contribution in [0.1, 0.15) is 49.7 Å². The molecule has 2 aromatic carbocycles. The lowest BCUT2D eigenvalue weighted by Gasteiger charge is -2.59. The minimum atomic E-state index is -5.65. The van der Waals surface area contributed by atoms with Crippen LogP contribution in [0.15, 0.2) is 60.7 Å². The molecular weight excluding hydrogens is 483 g/mol. The number of carbonyl (C=O) groups is 1. The number of hydrogen-bond acceptors (Lipinski definition) is 4. The lowest BCUT2D eigenvalue weighted by molar-refractivity contribution is -0.139. The van der Waals surface area contributed by atoms with E-state index in [0.717, 1.165) is 19.4 Å². The van der Waals surface area contributed by atoms with Gasteiger partial charge in [-0.15, -0.1) is 0 Å². The van der Waals surface area contributed by atoms with Crippen molar-refractivity contribution in [1.82, 2.24) is 10.0 Å². The van der Waals surface area contributed by atoms with Gasteiger partial charge >= 0.3 is 21.5 Å². The van der Waals surface area contributed by atoms with Gasteiger partial charge in [-0.25, -0.2) is 8.42 Å². The number of halogens is 3. The van der Waals surface area contributed by atoms with Gasteiger partial charge in [-0.1, -0.05) is 91.0 Å². The first-order valence-corrected chi connectivity index (χ1v) is 12.8. The van der Waals surface area contributed by atoms with E-state index in [4.69, 9.17) is 5.11 Å². The summed E-state index contributed by atoms with van der Waals surface area (Å²) in [6, 6.07) is 16.4.